The van der Waals surface area contributed by atoms with E-state index in [0.29, 0.717) is 11.3 Å². The molecule has 0 saturated carbocycles. The lowest BCUT2D eigenvalue weighted by atomic mass is 10.1. The fraction of sp³-hybridized carbons (Fsp3) is 0.188. The number of methoxy groups -OCH3 is 1. The molecule has 1 atom stereocenters. The summed E-state index contributed by atoms with van der Waals surface area (Å²) in [6.45, 7) is 1.54. The maximum atomic E-state index is 12.2. The number of ketones is 1. The molecule has 21 heavy (non-hydrogen) atoms. The summed E-state index contributed by atoms with van der Waals surface area (Å²) in [4.78, 5) is 27.9. The first-order valence-electron chi connectivity index (χ1n) is 6.42. The number of carbonyl (C=O) groups is 2. The molecule has 0 spiro atoms. The van der Waals surface area contributed by atoms with Crippen molar-refractivity contribution in [2.45, 2.75) is 13.0 Å². The zero-order valence-corrected chi connectivity index (χ0v) is 11.8. The highest BCUT2D eigenvalue weighted by Gasteiger charge is 2.20. The molecule has 0 unspecified atom stereocenters. The van der Waals surface area contributed by atoms with Crippen LogP contribution >= 0.6 is 0 Å². The Hall–Kier alpha value is -2.69. The number of hydrogen-bond donors (Lipinski definition) is 0. The fourth-order valence-corrected chi connectivity index (χ4v) is 1.75. The largest absolute Gasteiger partial charge is 0.497 e. The summed E-state index contributed by atoms with van der Waals surface area (Å²) in [7, 11) is 1.55. The number of hydrogen-bond acceptors (Lipinski definition) is 5. The van der Waals surface area contributed by atoms with Gasteiger partial charge in [0.25, 0.3) is 0 Å². The van der Waals surface area contributed by atoms with Crippen LogP contribution in [0, 0.1) is 0 Å². The summed E-state index contributed by atoms with van der Waals surface area (Å²) in [5, 5.41) is 0. The minimum absolute atomic E-state index is 0.173. The van der Waals surface area contributed by atoms with Crippen molar-refractivity contribution in [3.8, 4) is 5.75 Å². The Kier molecular flexibility index (Phi) is 4.66. The van der Waals surface area contributed by atoms with E-state index in [1.165, 1.54) is 19.2 Å². The van der Waals surface area contributed by atoms with Crippen molar-refractivity contribution >= 4 is 11.8 Å². The highest BCUT2D eigenvalue weighted by molar-refractivity contribution is 6.01. The fourth-order valence-electron chi connectivity index (χ4n) is 1.75. The third kappa shape index (κ3) is 3.66. The molecule has 0 aliphatic rings. The molecule has 1 heterocycles. The molecule has 0 bridgehead atoms. The number of ether oxygens (including phenoxy) is 2. The number of aromatic nitrogens is 1. The molecule has 0 aliphatic heterocycles. The Morgan fingerprint density at radius 3 is 2.38 bits per heavy atom. The second-order valence-electron chi connectivity index (χ2n) is 4.36. The van der Waals surface area contributed by atoms with Crippen LogP contribution in [0.4, 0.5) is 0 Å². The van der Waals surface area contributed by atoms with Crippen molar-refractivity contribution in [2.75, 3.05) is 7.11 Å². The van der Waals surface area contributed by atoms with Gasteiger partial charge in [-0.25, -0.2) is 9.78 Å². The van der Waals surface area contributed by atoms with Gasteiger partial charge >= 0.3 is 5.97 Å². The summed E-state index contributed by atoms with van der Waals surface area (Å²) >= 11 is 0. The van der Waals surface area contributed by atoms with Crippen LogP contribution in [-0.4, -0.2) is 30.0 Å². The third-order valence-electron chi connectivity index (χ3n) is 2.90. The average Bonchev–Trinajstić information content (AvgIpc) is 2.55. The molecule has 0 aliphatic carbocycles. The van der Waals surface area contributed by atoms with Crippen LogP contribution in [0.2, 0.25) is 0 Å². The number of benzene rings is 1. The van der Waals surface area contributed by atoms with Crippen molar-refractivity contribution < 1.29 is 19.1 Å². The molecule has 2 aromatic rings. The molecule has 0 saturated heterocycles. The number of carbonyl (C=O) groups excluding carboxylic acids is 2. The van der Waals surface area contributed by atoms with Gasteiger partial charge in [-0.15, -0.1) is 0 Å². The Morgan fingerprint density at radius 2 is 1.81 bits per heavy atom. The molecule has 5 nitrogen and oxygen atoms in total. The normalized spacial score (nSPS) is 11.5. The first kappa shape index (κ1) is 14.7. The number of pyridine rings is 1. The van der Waals surface area contributed by atoms with Crippen LogP contribution < -0.4 is 4.74 Å². The molecule has 5 heteroatoms. The van der Waals surface area contributed by atoms with Gasteiger partial charge in [0.1, 0.15) is 11.4 Å². The molecule has 0 radical (unpaired) electrons. The van der Waals surface area contributed by atoms with Gasteiger partial charge in [0.15, 0.2) is 6.10 Å². The topological polar surface area (TPSA) is 65.5 Å². The molecule has 2 rings (SSSR count). The number of esters is 1. The van der Waals surface area contributed by atoms with E-state index in [1.807, 2.05) is 0 Å². The molecular weight excluding hydrogens is 270 g/mol. The van der Waals surface area contributed by atoms with E-state index in [1.54, 1.807) is 43.5 Å². The summed E-state index contributed by atoms with van der Waals surface area (Å²) in [5.74, 6) is -0.239. The van der Waals surface area contributed by atoms with Crippen LogP contribution in [0.25, 0.3) is 0 Å². The zero-order valence-electron chi connectivity index (χ0n) is 11.8. The summed E-state index contributed by atoms with van der Waals surface area (Å²) in [6.07, 6.45) is 0.611. The van der Waals surface area contributed by atoms with E-state index in [0.717, 1.165) is 0 Å². The highest BCUT2D eigenvalue weighted by atomic mass is 16.5. The van der Waals surface area contributed by atoms with Gasteiger partial charge in [-0.3, -0.25) is 4.79 Å². The van der Waals surface area contributed by atoms with Gasteiger partial charge in [0.2, 0.25) is 5.78 Å². The predicted octanol–water partition coefficient (Wildman–Crippen LogP) is 2.52. The molecule has 0 N–H and O–H groups in total. The Morgan fingerprint density at radius 1 is 1.10 bits per heavy atom. The maximum absolute atomic E-state index is 12.2. The van der Waals surface area contributed by atoms with Crippen molar-refractivity contribution in [2.24, 2.45) is 0 Å². The predicted molar refractivity (Wildman–Crippen MR) is 76.4 cm³/mol. The summed E-state index contributed by atoms with van der Waals surface area (Å²) in [5.41, 5.74) is 0.629. The Bertz CT molecular complexity index is 622. The lowest BCUT2D eigenvalue weighted by molar-refractivity contribution is 0.0313. The molecule has 0 amide bonds. The third-order valence-corrected chi connectivity index (χ3v) is 2.90. The van der Waals surface area contributed by atoms with E-state index >= 15 is 0 Å². The standard InChI is InChI=1S/C16H15NO4/c1-11(21-16(19)14-5-3-4-10-17-14)15(18)12-6-8-13(20-2)9-7-12/h3-11H,1-2H3/t11-/m1/s1. The Balaban J connectivity index is 2.03. The second kappa shape index (κ2) is 6.65. The minimum atomic E-state index is -0.882. The number of Topliss-reactive ketones (excluding diaryl/α,β-unsaturated/α-hetero) is 1. The smallest absolute Gasteiger partial charge is 0.357 e. The van der Waals surface area contributed by atoms with Gasteiger partial charge in [0.05, 0.1) is 7.11 Å². The van der Waals surface area contributed by atoms with E-state index in [9.17, 15) is 9.59 Å². The first-order chi connectivity index (χ1) is 10.1. The van der Waals surface area contributed by atoms with E-state index in [4.69, 9.17) is 9.47 Å². The van der Waals surface area contributed by atoms with Gasteiger partial charge in [-0.05, 0) is 43.3 Å². The summed E-state index contributed by atoms with van der Waals surface area (Å²) < 4.78 is 10.2. The van der Waals surface area contributed by atoms with E-state index in [2.05, 4.69) is 4.98 Å². The van der Waals surface area contributed by atoms with Crippen LogP contribution in [0.15, 0.2) is 48.7 Å². The van der Waals surface area contributed by atoms with E-state index < -0.39 is 12.1 Å². The lowest BCUT2D eigenvalue weighted by Crippen LogP contribution is -2.24. The SMILES string of the molecule is COc1ccc(C(=O)[C@@H](C)OC(=O)c2ccccn2)cc1. The molecule has 1 aromatic heterocycles. The molecule has 108 valence electrons. The quantitative estimate of drug-likeness (QED) is 0.624. The van der Waals surface area contributed by atoms with Crippen molar-refractivity contribution in [1.82, 2.24) is 4.98 Å². The van der Waals surface area contributed by atoms with Gasteiger partial charge in [0, 0.05) is 11.8 Å². The van der Waals surface area contributed by atoms with Crippen LogP contribution in [0.1, 0.15) is 27.8 Å². The van der Waals surface area contributed by atoms with Crippen molar-refractivity contribution in [3.63, 3.8) is 0 Å². The van der Waals surface area contributed by atoms with Crippen molar-refractivity contribution in [3.05, 3.63) is 59.9 Å². The van der Waals surface area contributed by atoms with Crippen LogP contribution in [-0.2, 0) is 4.74 Å². The van der Waals surface area contributed by atoms with Crippen molar-refractivity contribution in [1.29, 1.82) is 0 Å². The van der Waals surface area contributed by atoms with Gasteiger partial charge < -0.3 is 9.47 Å². The monoisotopic (exact) mass is 285 g/mol. The molecule has 1 aromatic carbocycles. The van der Waals surface area contributed by atoms with E-state index in [-0.39, 0.29) is 11.5 Å². The molecular formula is C16H15NO4. The molecule has 0 fully saturated rings. The average molecular weight is 285 g/mol. The van der Waals surface area contributed by atoms with Gasteiger partial charge in [-0.1, -0.05) is 6.07 Å². The maximum Gasteiger partial charge on any atom is 0.357 e. The zero-order chi connectivity index (χ0) is 15.2. The highest BCUT2D eigenvalue weighted by Crippen LogP contribution is 2.14. The first-order valence-corrected chi connectivity index (χ1v) is 6.42. The number of rotatable bonds is 5. The lowest BCUT2D eigenvalue weighted by Gasteiger charge is -2.12. The van der Waals surface area contributed by atoms with Crippen LogP contribution in [0.5, 0.6) is 5.75 Å². The summed E-state index contributed by atoms with van der Waals surface area (Å²) in [6, 6.07) is 11.5. The van der Waals surface area contributed by atoms with Crippen LogP contribution in [0.3, 0.4) is 0 Å². The minimum Gasteiger partial charge on any atom is -0.497 e. The van der Waals surface area contributed by atoms with Gasteiger partial charge in [-0.2, -0.15) is 0 Å². The number of nitrogens with zero attached hydrogens (tertiary/aromatic N) is 1. The Labute approximate surface area is 122 Å². The second-order valence-corrected chi connectivity index (χ2v) is 4.36.